The molecule has 0 radical (unpaired) electrons. The Labute approximate surface area is 128 Å². The first kappa shape index (κ1) is 15.1. The normalized spacial score (nSPS) is 11.3. The first-order valence-corrected chi connectivity index (χ1v) is 8.92. The molecule has 0 saturated heterocycles. The number of rotatable bonds is 5. The van der Waals surface area contributed by atoms with Crippen LogP contribution in [0.4, 0.5) is 5.69 Å². The van der Waals surface area contributed by atoms with E-state index in [4.69, 9.17) is 0 Å². The van der Waals surface area contributed by atoms with E-state index in [-0.39, 0.29) is 4.90 Å². The smallest absolute Gasteiger partial charge is 0.261 e. The van der Waals surface area contributed by atoms with Crippen LogP contribution in [-0.4, -0.2) is 8.42 Å². The summed E-state index contributed by atoms with van der Waals surface area (Å²) in [5, 5.41) is 0.708. The third-order valence-corrected chi connectivity index (χ3v) is 5.02. The molecule has 0 bridgehead atoms. The third kappa shape index (κ3) is 3.61. The SMILES string of the molecule is CCc1cccc(NS(=O)(=O)c2ccc(CBr)cc2)c1. The van der Waals surface area contributed by atoms with E-state index in [1.165, 1.54) is 0 Å². The van der Waals surface area contributed by atoms with Gasteiger partial charge in [0.25, 0.3) is 10.0 Å². The van der Waals surface area contributed by atoms with Crippen molar-refractivity contribution in [1.82, 2.24) is 0 Å². The van der Waals surface area contributed by atoms with Gasteiger partial charge in [0.15, 0.2) is 0 Å². The van der Waals surface area contributed by atoms with Crippen molar-refractivity contribution < 1.29 is 8.42 Å². The molecular formula is C15H16BrNO2S. The van der Waals surface area contributed by atoms with Crippen molar-refractivity contribution in [2.75, 3.05) is 4.72 Å². The molecule has 0 fully saturated rings. The van der Waals surface area contributed by atoms with Crippen LogP contribution in [0.5, 0.6) is 0 Å². The maximum atomic E-state index is 12.3. The summed E-state index contributed by atoms with van der Waals surface area (Å²) in [6, 6.07) is 14.3. The van der Waals surface area contributed by atoms with Crippen molar-refractivity contribution in [1.29, 1.82) is 0 Å². The van der Waals surface area contributed by atoms with Crippen LogP contribution in [0.3, 0.4) is 0 Å². The second-order valence-corrected chi connectivity index (χ2v) is 6.68. The molecule has 0 aliphatic carbocycles. The average Bonchev–Trinajstić information content (AvgIpc) is 2.47. The maximum absolute atomic E-state index is 12.3. The molecule has 0 aliphatic rings. The molecule has 0 saturated carbocycles. The maximum Gasteiger partial charge on any atom is 0.261 e. The van der Waals surface area contributed by atoms with Gasteiger partial charge in [0.05, 0.1) is 4.90 Å². The minimum atomic E-state index is -3.53. The molecule has 2 aromatic rings. The Kier molecular flexibility index (Phi) is 4.83. The topological polar surface area (TPSA) is 46.2 Å². The molecule has 0 amide bonds. The Morgan fingerprint density at radius 3 is 2.35 bits per heavy atom. The Hall–Kier alpha value is -1.33. The van der Waals surface area contributed by atoms with Gasteiger partial charge in [-0.3, -0.25) is 4.72 Å². The van der Waals surface area contributed by atoms with Gasteiger partial charge < -0.3 is 0 Å². The highest BCUT2D eigenvalue weighted by molar-refractivity contribution is 9.08. The van der Waals surface area contributed by atoms with Crippen molar-refractivity contribution in [3.63, 3.8) is 0 Å². The molecule has 2 rings (SSSR count). The molecule has 3 nitrogen and oxygen atoms in total. The Balaban J connectivity index is 2.25. The molecule has 2 aromatic carbocycles. The summed E-state index contributed by atoms with van der Waals surface area (Å²) in [6.45, 7) is 2.03. The largest absolute Gasteiger partial charge is 0.280 e. The van der Waals surface area contributed by atoms with E-state index in [2.05, 4.69) is 20.7 Å². The summed E-state index contributed by atoms with van der Waals surface area (Å²) >= 11 is 3.34. The second-order valence-electron chi connectivity index (χ2n) is 4.44. The third-order valence-electron chi connectivity index (χ3n) is 2.98. The lowest BCUT2D eigenvalue weighted by atomic mass is 10.1. The Morgan fingerprint density at radius 1 is 1.05 bits per heavy atom. The lowest BCUT2D eigenvalue weighted by molar-refractivity contribution is 0.601. The molecule has 20 heavy (non-hydrogen) atoms. The molecule has 0 aliphatic heterocycles. The lowest BCUT2D eigenvalue weighted by Crippen LogP contribution is -2.13. The molecule has 5 heteroatoms. The van der Waals surface area contributed by atoms with Gasteiger partial charge in [-0.2, -0.15) is 0 Å². The van der Waals surface area contributed by atoms with Gasteiger partial charge in [-0.1, -0.05) is 47.1 Å². The van der Waals surface area contributed by atoms with Crippen LogP contribution in [-0.2, 0) is 21.8 Å². The summed E-state index contributed by atoms with van der Waals surface area (Å²) in [6.07, 6.45) is 0.871. The van der Waals surface area contributed by atoms with E-state index in [9.17, 15) is 8.42 Å². The number of anilines is 1. The van der Waals surface area contributed by atoms with Gasteiger partial charge >= 0.3 is 0 Å². The number of benzene rings is 2. The van der Waals surface area contributed by atoms with Crippen LogP contribution in [0.2, 0.25) is 0 Å². The van der Waals surface area contributed by atoms with Gasteiger partial charge in [0, 0.05) is 11.0 Å². The van der Waals surface area contributed by atoms with Crippen molar-refractivity contribution in [2.45, 2.75) is 23.6 Å². The fourth-order valence-electron chi connectivity index (χ4n) is 1.83. The number of aryl methyl sites for hydroxylation is 1. The van der Waals surface area contributed by atoms with Crippen LogP contribution in [0, 0.1) is 0 Å². The van der Waals surface area contributed by atoms with Gasteiger partial charge in [0.2, 0.25) is 0 Å². The number of hydrogen-bond acceptors (Lipinski definition) is 2. The highest BCUT2D eigenvalue weighted by atomic mass is 79.9. The van der Waals surface area contributed by atoms with Gasteiger partial charge in [-0.15, -0.1) is 0 Å². The van der Waals surface area contributed by atoms with Gasteiger partial charge in [-0.05, 0) is 41.8 Å². The monoisotopic (exact) mass is 353 g/mol. The average molecular weight is 354 g/mol. The zero-order valence-electron chi connectivity index (χ0n) is 11.1. The van der Waals surface area contributed by atoms with Gasteiger partial charge in [-0.25, -0.2) is 8.42 Å². The van der Waals surface area contributed by atoms with Crippen LogP contribution < -0.4 is 4.72 Å². The van der Waals surface area contributed by atoms with Crippen molar-refractivity contribution in [3.05, 3.63) is 59.7 Å². The fourth-order valence-corrected chi connectivity index (χ4v) is 3.25. The summed E-state index contributed by atoms with van der Waals surface area (Å²) in [5.41, 5.74) is 2.73. The Morgan fingerprint density at radius 2 is 1.75 bits per heavy atom. The number of nitrogens with one attached hydrogen (secondary N) is 1. The van der Waals surface area contributed by atoms with E-state index in [1.54, 1.807) is 30.3 Å². The van der Waals surface area contributed by atoms with Crippen LogP contribution >= 0.6 is 15.9 Å². The molecular weight excluding hydrogens is 338 g/mol. The van der Waals surface area contributed by atoms with E-state index >= 15 is 0 Å². The summed E-state index contributed by atoms with van der Waals surface area (Å²) in [4.78, 5) is 0.268. The van der Waals surface area contributed by atoms with Crippen LogP contribution in [0.25, 0.3) is 0 Å². The van der Waals surface area contributed by atoms with Crippen LogP contribution in [0.15, 0.2) is 53.4 Å². The summed E-state index contributed by atoms with van der Waals surface area (Å²) < 4.78 is 27.2. The molecule has 1 N–H and O–H groups in total. The van der Waals surface area contributed by atoms with Crippen molar-refractivity contribution >= 4 is 31.6 Å². The van der Waals surface area contributed by atoms with Crippen molar-refractivity contribution in [2.24, 2.45) is 0 Å². The van der Waals surface area contributed by atoms with E-state index in [0.29, 0.717) is 11.0 Å². The predicted octanol–water partition coefficient (Wildman–Crippen LogP) is 3.94. The molecule has 106 valence electrons. The second kappa shape index (κ2) is 6.41. The molecule has 0 aromatic heterocycles. The summed E-state index contributed by atoms with van der Waals surface area (Å²) in [7, 11) is -3.53. The predicted molar refractivity (Wildman–Crippen MR) is 85.7 cm³/mol. The summed E-state index contributed by atoms with van der Waals surface area (Å²) in [5.74, 6) is 0. The zero-order valence-corrected chi connectivity index (χ0v) is 13.5. The number of alkyl halides is 1. The Bertz CT molecular complexity index is 681. The first-order valence-electron chi connectivity index (χ1n) is 6.32. The number of sulfonamides is 1. The van der Waals surface area contributed by atoms with E-state index in [0.717, 1.165) is 17.5 Å². The molecule has 0 unspecified atom stereocenters. The number of hydrogen-bond donors (Lipinski definition) is 1. The quantitative estimate of drug-likeness (QED) is 0.827. The molecule has 0 spiro atoms. The molecule has 0 atom stereocenters. The van der Waals surface area contributed by atoms with E-state index < -0.39 is 10.0 Å². The highest BCUT2D eigenvalue weighted by Gasteiger charge is 2.13. The highest BCUT2D eigenvalue weighted by Crippen LogP contribution is 2.18. The zero-order chi connectivity index (χ0) is 14.6. The standard InChI is InChI=1S/C15H16BrNO2S/c1-2-12-4-3-5-14(10-12)17-20(18,19)15-8-6-13(11-16)7-9-15/h3-10,17H,2,11H2,1H3. The van der Waals surface area contributed by atoms with Gasteiger partial charge in [0.1, 0.15) is 0 Å². The van der Waals surface area contributed by atoms with Crippen molar-refractivity contribution in [3.8, 4) is 0 Å². The lowest BCUT2D eigenvalue weighted by Gasteiger charge is -2.09. The minimum Gasteiger partial charge on any atom is -0.280 e. The number of halogens is 1. The minimum absolute atomic E-state index is 0.268. The fraction of sp³-hybridized carbons (Fsp3) is 0.200. The van der Waals surface area contributed by atoms with Crippen LogP contribution in [0.1, 0.15) is 18.1 Å². The van der Waals surface area contributed by atoms with E-state index in [1.807, 2.05) is 25.1 Å². The molecule has 0 heterocycles. The first-order chi connectivity index (χ1) is 9.55.